The number of carbonyl (C=O) groups excluding carboxylic acids is 1. The molecule has 28 heavy (non-hydrogen) atoms. The average molecular weight is 380 g/mol. The normalized spacial score (nSPS) is 17.8. The second-order valence-corrected chi connectivity index (χ2v) is 7.68. The number of aromatic amines is 1. The van der Waals surface area contributed by atoms with Gasteiger partial charge in [-0.3, -0.25) is 9.89 Å². The first-order chi connectivity index (χ1) is 13.7. The van der Waals surface area contributed by atoms with Crippen LogP contribution in [0.3, 0.4) is 0 Å². The van der Waals surface area contributed by atoms with Crippen LogP contribution in [-0.4, -0.2) is 42.3 Å². The molecule has 1 aliphatic carbocycles. The van der Waals surface area contributed by atoms with Crippen LogP contribution in [0.25, 0.3) is 11.0 Å². The minimum atomic E-state index is -0.174. The van der Waals surface area contributed by atoms with E-state index < -0.39 is 0 Å². The van der Waals surface area contributed by atoms with Gasteiger partial charge in [0, 0.05) is 42.2 Å². The van der Waals surface area contributed by atoms with Crippen molar-refractivity contribution in [2.75, 3.05) is 25.1 Å². The van der Waals surface area contributed by atoms with E-state index in [4.69, 9.17) is 9.15 Å². The van der Waals surface area contributed by atoms with Gasteiger partial charge in [-0.1, -0.05) is 12.1 Å². The zero-order valence-electron chi connectivity index (χ0n) is 15.9. The van der Waals surface area contributed by atoms with Gasteiger partial charge >= 0.3 is 0 Å². The number of carbonyl (C=O) groups is 1. The summed E-state index contributed by atoms with van der Waals surface area (Å²) in [5, 5.41) is 11.6. The SMILES string of the molecule is COc1cccc2cc(C(=O)NC3CCN(c4cc(C5CC5)[nH]n4)CC3)oc12. The molecule has 2 fully saturated rings. The Kier molecular flexibility index (Phi) is 4.22. The molecule has 0 radical (unpaired) electrons. The summed E-state index contributed by atoms with van der Waals surface area (Å²) >= 11 is 0. The Morgan fingerprint density at radius 2 is 2.07 bits per heavy atom. The monoisotopic (exact) mass is 380 g/mol. The van der Waals surface area contributed by atoms with Gasteiger partial charge in [-0.25, -0.2) is 0 Å². The number of hydrogen-bond acceptors (Lipinski definition) is 5. The highest BCUT2D eigenvalue weighted by Crippen LogP contribution is 2.40. The predicted molar refractivity (Wildman–Crippen MR) is 106 cm³/mol. The fourth-order valence-electron chi connectivity index (χ4n) is 3.91. The van der Waals surface area contributed by atoms with Crippen molar-refractivity contribution in [2.45, 2.75) is 37.6 Å². The number of piperidine rings is 1. The molecule has 2 aliphatic rings. The lowest BCUT2D eigenvalue weighted by molar-refractivity contribution is 0.0905. The van der Waals surface area contributed by atoms with Crippen molar-refractivity contribution in [3.63, 3.8) is 0 Å². The Labute approximate surface area is 163 Å². The molecule has 1 aromatic carbocycles. The molecule has 1 saturated heterocycles. The lowest BCUT2D eigenvalue weighted by Gasteiger charge is -2.32. The van der Waals surface area contributed by atoms with E-state index in [1.807, 2.05) is 18.2 Å². The third-order valence-corrected chi connectivity index (χ3v) is 5.71. The Morgan fingerprint density at radius 3 is 2.82 bits per heavy atom. The number of benzene rings is 1. The number of furan rings is 1. The number of nitrogens with one attached hydrogen (secondary N) is 2. The largest absolute Gasteiger partial charge is 0.493 e. The first kappa shape index (κ1) is 17.2. The number of para-hydroxylation sites is 1. The second-order valence-electron chi connectivity index (χ2n) is 7.68. The number of H-pyrrole nitrogens is 1. The average Bonchev–Trinajstić information content (AvgIpc) is 3.28. The lowest BCUT2D eigenvalue weighted by atomic mass is 10.0. The first-order valence-electron chi connectivity index (χ1n) is 9.89. The maximum Gasteiger partial charge on any atom is 0.287 e. The zero-order chi connectivity index (χ0) is 19.1. The minimum Gasteiger partial charge on any atom is -0.493 e. The molecule has 0 atom stereocenters. The fraction of sp³-hybridized carbons (Fsp3) is 0.429. The number of aromatic nitrogens is 2. The smallest absolute Gasteiger partial charge is 0.287 e. The molecule has 3 heterocycles. The molecule has 7 heteroatoms. The molecule has 1 saturated carbocycles. The molecule has 1 amide bonds. The van der Waals surface area contributed by atoms with E-state index in [9.17, 15) is 4.79 Å². The summed E-state index contributed by atoms with van der Waals surface area (Å²) in [6.45, 7) is 1.77. The molecule has 5 rings (SSSR count). The summed E-state index contributed by atoms with van der Waals surface area (Å²) in [5.74, 6) is 2.49. The van der Waals surface area contributed by atoms with Crippen molar-refractivity contribution in [2.24, 2.45) is 0 Å². The molecule has 146 valence electrons. The summed E-state index contributed by atoms with van der Waals surface area (Å²) < 4.78 is 11.1. The van der Waals surface area contributed by atoms with E-state index in [-0.39, 0.29) is 11.9 Å². The highest BCUT2D eigenvalue weighted by atomic mass is 16.5. The first-order valence-corrected chi connectivity index (χ1v) is 9.89. The van der Waals surface area contributed by atoms with Gasteiger partial charge in [0.2, 0.25) is 0 Å². The van der Waals surface area contributed by atoms with Gasteiger partial charge < -0.3 is 19.4 Å². The van der Waals surface area contributed by atoms with Crippen LogP contribution in [0.2, 0.25) is 0 Å². The van der Waals surface area contributed by atoms with Crippen LogP contribution in [0.5, 0.6) is 5.75 Å². The Morgan fingerprint density at radius 1 is 1.25 bits per heavy atom. The Hall–Kier alpha value is -2.96. The molecular formula is C21H24N4O3. The van der Waals surface area contributed by atoms with Crippen LogP contribution in [0.15, 0.2) is 34.7 Å². The number of amides is 1. The molecule has 0 unspecified atom stereocenters. The third-order valence-electron chi connectivity index (χ3n) is 5.71. The highest BCUT2D eigenvalue weighted by Gasteiger charge is 2.28. The third kappa shape index (κ3) is 3.21. The molecule has 1 aliphatic heterocycles. The highest BCUT2D eigenvalue weighted by molar-refractivity contribution is 5.97. The van der Waals surface area contributed by atoms with Gasteiger partial charge in [0.1, 0.15) is 0 Å². The van der Waals surface area contributed by atoms with Gasteiger partial charge in [0.25, 0.3) is 5.91 Å². The Balaban J connectivity index is 1.20. The summed E-state index contributed by atoms with van der Waals surface area (Å²) in [7, 11) is 1.60. The van der Waals surface area contributed by atoms with Gasteiger partial charge in [-0.15, -0.1) is 0 Å². The minimum absolute atomic E-state index is 0.140. The number of rotatable bonds is 5. The fourth-order valence-corrected chi connectivity index (χ4v) is 3.91. The van der Waals surface area contributed by atoms with Crippen LogP contribution < -0.4 is 15.0 Å². The van der Waals surface area contributed by atoms with E-state index in [0.717, 1.165) is 37.1 Å². The van der Waals surface area contributed by atoms with Crippen LogP contribution >= 0.6 is 0 Å². The maximum atomic E-state index is 12.6. The molecular weight excluding hydrogens is 356 g/mol. The number of ether oxygens (including phenoxy) is 1. The van der Waals surface area contributed by atoms with E-state index in [1.165, 1.54) is 18.5 Å². The molecule has 3 aromatic rings. The van der Waals surface area contributed by atoms with Gasteiger partial charge in [-0.2, -0.15) is 5.10 Å². The number of nitrogens with zero attached hydrogens (tertiary/aromatic N) is 2. The van der Waals surface area contributed by atoms with Crippen molar-refractivity contribution < 1.29 is 13.9 Å². The van der Waals surface area contributed by atoms with Crippen LogP contribution in [0.1, 0.15) is 47.8 Å². The lowest BCUT2D eigenvalue weighted by Crippen LogP contribution is -2.44. The van der Waals surface area contributed by atoms with Gasteiger partial charge in [-0.05, 0) is 37.8 Å². The number of fused-ring (bicyclic) bond motifs is 1. The second kappa shape index (κ2) is 6.89. The summed E-state index contributed by atoms with van der Waals surface area (Å²) in [6.07, 6.45) is 4.31. The van der Waals surface area contributed by atoms with Crippen molar-refractivity contribution >= 4 is 22.7 Å². The molecule has 2 N–H and O–H groups in total. The summed E-state index contributed by atoms with van der Waals surface area (Å²) in [6, 6.07) is 9.71. The molecule has 0 bridgehead atoms. The zero-order valence-corrected chi connectivity index (χ0v) is 15.9. The molecule has 0 spiro atoms. The number of methoxy groups -OCH3 is 1. The van der Waals surface area contributed by atoms with Gasteiger partial charge in [0.15, 0.2) is 22.9 Å². The van der Waals surface area contributed by atoms with E-state index in [0.29, 0.717) is 23.0 Å². The standard InChI is InChI=1S/C21H24N4O3/c1-27-17-4-2-3-14-11-18(28-20(14)17)21(26)22-15-7-9-25(10-8-15)19-12-16(23-24-19)13-5-6-13/h2-4,11-13,15H,5-10H2,1H3,(H,22,26)(H,23,24). The van der Waals surface area contributed by atoms with Crippen LogP contribution in [0, 0.1) is 0 Å². The van der Waals surface area contributed by atoms with Crippen LogP contribution in [0.4, 0.5) is 5.82 Å². The Bertz CT molecular complexity index is 996. The number of anilines is 1. The van der Waals surface area contributed by atoms with Crippen molar-refractivity contribution in [1.82, 2.24) is 15.5 Å². The predicted octanol–water partition coefficient (Wildman–Crippen LogP) is 3.44. The summed E-state index contributed by atoms with van der Waals surface area (Å²) in [4.78, 5) is 14.9. The van der Waals surface area contributed by atoms with Crippen molar-refractivity contribution in [3.8, 4) is 5.75 Å². The van der Waals surface area contributed by atoms with Gasteiger partial charge in [0.05, 0.1) is 7.11 Å². The molecule has 2 aromatic heterocycles. The number of hydrogen-bond donors (Lipinski definition) is 2. The van der Waals surface area contributed by atoms with Crippen molar-refractivity contribution in [3.05, 3.63) is 41.8 Å². The van der Waals surface area contributed by atoms with E-state index in [2.05, 4.69) is 26.5 Å². The molecule has 7 nitrogen and oxygen atoms in total. The topological polar surface area (TPSA) is 83.4 Å². The van der Waals surface area contributed by atoms with E-state index in [1.54, 1.807) is 13.2 Å². The quantitative estimate of drug-likeness (QED) is 0.708. The summed E-state index contributed by atoms with van der Waals surface area (Å²) in [5.41, 5.74) is 1.86. The van der Waals surface area contributed by atoms with E-state index >= 15 is 0 Å². The van der Waals surface area contributed by atoms with Crippen LogP contribution in [-0.2, 0) is 0 Å². The maximum absolute atomic E-state index is 12.6. The van der Waals surface area contributed by atoms with Crippen molar-refractivity contribution in [1.29, 1.82) is 0 Å².